The van der Waals surface area contributed by atoms with Crippen molar-refractivity contribution in [3.8, 4) is 0 Å². The van der Waals surface area contributed by atoms with E-state index < -0.39 is 48.5 Å². The maximum atomic E-state index is 12.9. The molecule has 1 saturated heterocycles. The van der Waals surface area contributed by atoms with Gasteiger partial charge in [0, 0.05) is 10.3 Å². The van der Waals surface area contributed by atoms with Gasteiger partial charge in [0.2, 0.25) is 5.79 Å². The van der Waals surface area contributed by atoms with Crippen LogP contribution in [0.2, 0.25) is 0 Å². The lowest BCUT2D eigenvalue weighted by atomic mass is 9.87. The van der Waals surface area contributed by atoms with Gasteiger partial charge in [-0.3, -0.25) is 0 Å². The van der Waals surface area contributed by atoms with E-state index in [1.54, 1.807) is 6.07 Å². The molecule has 2 aliphatic heterocycles. The first-order chi connectivity index (χ1) is 15.6. The number of fused-ring (bicyclic) bond motifs is 3. The molecule has 33 heavy (non-hydrogen) atoms. The molecule has 10 heteroatoms. The molecular formula is C23H21F3O6S. The van der Waals surface area contributed by atoms with E-state index in [1.165, 1.54) is 23.5 Å². The maximum Gasteiger partial charge on any atom is 0.416 e. The number of thiophene rings is 1. The molecule has 1 fully saturated rings. The van der Waals surface area contributed by atoms with Crippen LogP contribution >= 0.6 is 11.3 Å². The lowest BCUT2D eigenvalue weighted by molar-refractivity contribution is -0.368. The molecule has 0 radical (unpaired) electrons. The van der Waals surface area contributed by atoms with Crippen LogP contribution in [0.1, 0.15) is 27.8 Å². The fraction of sp³-hybridized carbons (Fsp3) is 0.391. The number of aliphatic hydroxyl groups is 4. The molecule has 0 amide bonds. The van der Waals surface area contributed by atoms with E-state index in [1.807, 2.05) is 11.4 Å². The molecule has 2 aromatic carbocycles. The molecule has 1 aromatic heterocycles. The average Bonchev–Trinajstić information content (AvgIpc) is 3.35. The Balaban J connectivity index is 1.52. The highest BCUT2D eigenvalue weighted by molar-refractivity contribution is 7.17. The first-order valence-corrected chi connectivity index (χ1v) is 11.2. The Labute approximate surface area is 190 Å². The molecule has 5 atom stereocenters. The van der Waals surface area contributed by atoms with Crippen molar-refractivity contribution in [2.75, 3.05) is 6.61 Å². The van der Waals surface area contributed by atoms with Gasteiger partial charge >= 0.3 is 6.18 Å². The van der Waals surface area contributed by atoms with Gasteiger partial charge in [0.15, 0.2) is 0 Å². The zero-order chi connectivity index (χ0) is 23.5. The fourth-order valence-electron chi connectivity index (χ4n) is 4.53. The summed E-state index contributed by atoms with van der Waals surface area (Å²) in [5, 5.41) is 43.5. The molecule has 0 bridgehead atoms. The standard InChI is InChI=1S/C23H21F3O6S/c24-23(25,26)14-3-1-11(2-4-14)5-13-10-33-18-6-12-9-31-22(16(12)7-15(13)18)21(30)20(29)19(28)17(8-27)32-22/h1-4,6-7,10,17,19-21,27-30H,5,8-9H2/t17-,19-,20+,21-,22+/m1/s1. The van der Waals surface area contributed by atoms with Gasteiger partial charge in [0.05, 0.1) is 18.8 Å². The second-order valence-corrected chi connectivity index (χ2v) is 9.27. The Kier molecular flexibility index (Phi) is 5.52. The summed E-state index contributed by atoms with van der Waals surface area (Å²) >= 11 is 1.48. The monoisotopic (exact) mass is 482 g/mol. The normalized spacial score (nSPS) is 29.7. The largest absolute Gasteiger partial charge is 0.416 e. The first-order valence-electron chi connectivity index (χ1n) is 10.3. The average molecular weight is 482 g/mol. The van der Waals surface area contributed by atoms with Crippen LogP contribution < -0.4 is 0 Å². The molecule has 3 heterocycles. The lowest BCUT2D eigenvalue weighted by Crippen LogP contribution is -2.63. The summed E-state index contributed by atoms with van der Waals surface area (Å²) in [5.41, 5.74) is 2.11. The van der Waals surface area contributed by atoms with E-state index in [4.69, 9.17) is 9.47 Å². The van der Waals surface area contributed by atoms with Crippen molar-refractivity contribution in [1.29, 1.82) is 0 Å². The molecule has 0 aliphatic carbocycles. The quantitative estimate of drug-likeness (QED) is 0.458. The summed E-state index contributed by atoms with van der Waals surface area (Å²) in [4.78, 5) is 0. The van der Waals surface area contributed by atoms with Crippen LogP contribution in [0.15, 0.2) is 41.8 Å². The van der Waals surface area contributed by atoms with Crippen molar-refractivity contribution in [1.82, 2.24) is 0 Å². The van der Waals surface area contributed by atoms with E-state index in [2.05, 4.69) is 0 Å². The van der Waals surface area contributed by atoms with Gasteiger partial charge in [0.1, 0.15) is 24.4 Å². The molecule has 0 unspecified atom stereocenters. The second-order valence-electron chi connectivity index (χ2n) is 8.36. The van der Waals surface area contributed by atoms with Gasteiger partial charge in [-0.15, -0.1) is 11.3 Å². The fourth-order valence-corrected chi connectivity index (χ4v) is 5.53. The van der Waals surface area contributed by atoms with E-state index in [0.717, 1.165) is 33.3 Å². The van der Waals surface area contributed by atoms with Crippen LogP contribution in [0.25, 0.3) is 10.1 Å². The summed E-state index contributed by atoms with van der Waals surface area (Å²) in [6, 6.07) is 8.68. The number of aliphatic hydroxyl groups excluding tert-OH is 4. The van der Waals surface area contributed by atoms with Crippen LogP contribution in [0.5, 0.6) is 0 Å². The van der Waals surface area contributed by atoms with Crippen molar-refractivity contribution in [3.63, 3.8) is 0 Å². The number of benzene rings is 2. The Hall–Kier alpha value is -2.05. The maximum absolute atomic E-state index is 12.9. The van der Waals surface area contributed by atoms with Crippen molar-refractivity contribution in [2.24, 2.45) is 0 Å². The smallest absolute Gasteiger partial charge is 0.394 e. The Morgan fingerprint density at radius 3 is 2.45 bits per heavy atom. The summed E-state index contributed by atoms with van der Waals surface area (Å²) in [6.07, 6.45) is -9.82. The van der Waals surface area contributed by atoms with Crippen molar-refractivity contribution in [2.45, 2.75) is 49.4 Å². The Morgan fingerprint density at radius 1 is 1.06 bits per heavy atom. The Morgan fingerprint density at radius 2 is 1.79 bits per heavy atom. The number of hydrogen-bond donors (Lipinski definition) is 4. The minimum Gasteiger partial charge on any atom is -0.394 e. The molecule has 2 aliphatic rings. The number of rotatable bonds is 3. The van der Waals surface area contributed by atoms with Crippen LogP contribution in [0, 0.1) is 0 Å². The lowest BCUT2D eigenvalue weighted by Gasteiger charge is -2.46. The van der Waals surface area contributed by atoms with Crippen molar-refractivity contribution < 1.29 is 43.1 Å². The van der Waals surface area contributed by atoms with Gasteiger partial charge in [-0.25, -0.2) is 0 Å². The summed E-state index contributed by atoms with van der Waals surface area (Å²) in [6.45, 7) is -0.472. The predicted octanol–water partition coefficient (Wildman–Crippen LogP) is 2.67. The molecule has 6 nitrogen and oxygen atoms in total. The van der Waals surface area contributed by atoms with Gasteiger partial charge in [-0.2, -0.15) is 13.2 Å². The van der Waals surface area contributed by atoms with E-state index in [9.17, 15) is 33.6 Å². The highest BCUT2D eigenvalue weighted by atomic mass is 32.1. The third kappa shape index (κ3) is 3.66. The molecule has 4 N–H and O–H groups in total. The minimum absolute atomic E-state index is 0.107. The number of ether oxygens (including phenoxy) is 2. The van der Waals surface area contributed by atoms with Crippen molar-refractivity contribution >= 4 is 21.4 Å². The zero-order valence-electron chi connectivity index (χ0n) is 17.1. The molecule has 176 valence electrons. The molecule has 0 saturated carbocycles. The van der Waals surface area contributed by atoms with Crippen LogP contribution in [0.3, 0.4) is 0 Å². The number of alkyl halides is 3. The Bertz CT molecular complexity index is 1180. The van der Waals surface area contributed by atoms with Gasteiger partial charge in [-0.05, 0) is 58.1 Å². The first kappa shape index (κ1) is 22.7. The predicted molar refractivity (Wildman–Crippen MR) is 113 cm³/mol. The number of halogens is 3. The minimum atomic E-state index is -4.39. The molecular weight excluding hydrogens is 461 g/mol. The third-order valence-electron chi connectivity index (χ3n) is 6.32. The third-order valence-corrected chi connectivity index (χ3v) is 7.32. The van der Waals surface area contributed by atoms with Gasteiger partial charge < -0.3 is 29.9 Å². The van der Waals surface area contributed by atoms with Gasteiger partial charge in [0.25, 0.3) is 0 Å². The highest BCUT2D eigenvalue weighted by Gasteiger charge is 2.58. The topological polar surface area (TPSA) is 99.4 Å². The van der Waals surface area contributed by atoms with Crippen LogP contribution in [0.4, 0.5) is 13.2 Å². The summed E-state index contributed by atoms with van der Waals surface area (Å²) < 4.78 is 51.1. The second kappa shape index (κ2) is 8.02. The highest BCUT2D eigenvalue weighted by Crippen LogP contribution is 2.48. The van der Waals surface area contributed by atoms with E-state index in [0.29, 0.717) is 17.5 Å². The van der Waals surface area contributed by atoms with Crippen molar-refractivity contribution in [3.05, 3.63) is 69.6 Å². The summed E-state index contributed by atoms with van der Waals surface area (Å²) in [7, 11) is 0. The van der Waals surface area contributed by atoms with Gasteiger partial charge in [-0.1, -0.05) is 12.1 Å². The zero-order valence-corrected chi connectivity index (χ0v) is 17.9. The molecule has 1 spiro atoms. The summed E-state index contributed by atoms with van der Waals surface area (Å²) in [5.74, 6) is -1.75. The van der Waals surface area contributed by atoms with E-state index >= 15 is 0 Å². The molecule has 5 rings (SSSR count). The SMILES string of the molecule is OC[C@H]1O[C@]2(OCc3cc4scc(Cc5ccc(C(F)(F)F)cc5)c4cc32)[C@H](O)[C@@H](O)[C@@H]1O. The van der Waals surface area contributed by atoms with Crippen LogP contribution in [-0.4, -0.2) is 51.4 Å². The number of hydrogen-bond acceptors (Lipinski definition) is 7. The van der Waals surface area contributed by atoms with Crippen LogP contribution in [-0.2, 0) is 34.5 Å². The molecule has 3 aromatic rings. The van der Waals surface area contributed by atoms with E-state index in [-0.39, 0.29) is 6.61 Å².